The maximum Gasteiger partial charge on any atom is 0.243 e. The van der Waals surface area contributed by atoms with Gasteiger partial charge in [-0.05, 0) is 56.0 Å². The van der Waals surface area contributed by atoms with Crippen molar-refractivity contribution in [3.8, 4) is 5.75 Å². The molecule has 0 aliphatic carbocycles. The van der Waals surface area contributed by atoms with Crippen LogP contribution < -0.4 is 20.7 Å². The van der Waals surface area contributed by atoms with E-state index in [-0.39, 0.29) is 24.4 Å². The summed E-state index contributed by atoms with van der Waals surface area (Å²) >= 11 is 0. The molecule has 2 aromatic rings. The minimum absolute atomic E-state index is 0.0325. The summed E-state index contributed by atoms with van der Waals surface area (Å²) < 4.78 is 5.19. The number of rotatable bonds is 9. The fraction of sp³-hybridized carbons (Fsp3) is 0.391. The van der Waals surface area contributed by atoms with Crippen LogP contribution in [0.25, 0.3) is 0 Å². The average molecular weight is 398 g/mol. The van der Waals surface area contributed by atoms with Crippen molar-refractivity contribution in [1.29, 1.82) is 0 Å². The predicted molar refractivity (Wildman–Crippen MR) is 116 cm³/mol. The van der Waals surface area contributed by atoms with Gasteiger partial charge in [-0.2, -0.15) is 0 Å². The fourth-order valence-electron chi connectivity index (χ4n) is 3.18. The lowest BCUT2D eigenvalue weighted by Crippen LogP contribution is -2.45. The normalized spacial score (nSPS) is 12.7. The lowest BCUT2D eigenvalue weighted by Gasteiger charge is -2.22. The molecule has 2 amide bonds. The van der Waals surface area contributed by atoms with Crippen molar-refractivity contribution >= 4 is 17.5 Å². The van der Waals surface area contributed by atoms with Crippen molar-refractivity contribution in [1.82, 2.24) is 10.6 Å². The molecular formula is C23H31N3O3. The molecule has 0 fully saturated rings. The van der Waals surface area contributed by atoms with E-state index in [2.05, 4.69) is 22.9 Å². The summed E-state index contributed by atoms with van der Waals surface area (Å²) in [5.74, 6) is 0.336. The number of carbonyl (C=O) groups is 2. The molecule has 0 saturated carbocycles. The Kier molecular flexibility index (Phi) is 8.21. The summed E-state index contributed by atoms with van der Waals surface area (Å²) in [5, 5.41) is 8.91. The molecule has 156 valence electrons. The van der Waals surface area contributed by atoms with Gasteiger partial charge in [0.1, 0.15) is 5.75 Å². The van der Waals surface area contributed by atoms with E-state index >= 15 is 0 Å². The van der Waals surface area contributed by atoms with Gasteiger partial charge < -0.3 is 15.4 Å². The van der Waals surface area contributed by atoms with Gasteiger partial charge in [0.25, 0.3) is 0 Å². The van der Waals surface area contributed by atoms with Crippen molar-refractivity contribution in [2.45, 2.75) is 46.2 Å². The zero-order chi connectivity index (χ0) is 21.4. The lowest BCUT2D eigenvalue weighted by molar-refractivity contribution is -0.125. The molecule has 0 aliphatic rings. The van der Waals surface area contributed by atoms with Gasteiger partial charge in [0.15, 0.2) is 0 Å². The summed E-state index contributed by atoms with van der Waals surface area (Å²) in [7, 11) is 1.63. The standard InChI is InChI=1S/C23H31N3O3/c1-6-20(18-10-12-19(29-5)13-11-18)25-17(4)23(28)24-14-21(27)26-22-15(2)8-7-9-16(22)3/h7-13,17,20,25H,6,14H2,1-5H3,(H,24,28)(H,26,27)/t17-,20-/m1/s1. The monoisotopic (exact) mass is 397 g/mol. The van der Waals surface area contributed by atoms with Crippen molar-refractivity contribution in [2.24, 2.45) is 0 Å². The Bertz CT molecular complexity index is 814. The molecule has 2 aromatic carbocycles. The van der Waals surface area contributed by atoms with Gasteiger partial charge in [0.05, 0.1) is 19.7 Å². The van der Waals surface area contributed by atoms with Crippen LogP contribution in [0.15, 0.2) is 42.5 Å². The summed E-state index contributed by atoms with van der Waals surface area (Å²) in [4.78, 5) is 24.7. The Morgan fingerprint density at radius 1 is 1.03 bits per heavy atom. The Hall–Kier alpha value is -2.86. The maximum atomic E-state index is 12.4. The highest BCUT2D eigenvalue weighted by atomic mass is 16.5. The molecule has 29 heavy (non-hydrogen) atoms. The highest BCUT2D eigenvalue weighted by molar-refractivity contribution is 5.96. The molecule has 0 heterocycles. The number of nitrogens with one attached hydrogen (secondary N) is 3. The van der Waals surface area contributed by atoms with E-state index < -0.39 is 6.04 Å². The largest absolute Gasteiger partial charge is 0.497 e. The molecule has 0 radical (unpaired) electrons. The molecular weight excluding hydrogens is 366 g/mol. The minimum atomic E-state index is -0.435. The topological polar surface area (TPSA) is 79.5 Å². The van der Waals surface area contributed by atoms with Crippen LogP contribution in [-0.4, -0.2) is 31.5 Å². The number of carbonyl (C=O) groups excluding carboxylic acids is 2. The molecule has 2 rings (SSSR count). The van der Waals surface area contributed by atoms with Crippen LogP contribution >= 0.6 is 0 Å². The van der Waals surface area contributed by atoms with Gasteiger partial charge in [-0.25, -0.2) is 0 Å². The first-order chi connectivity index (χ1) is 13.8. The average Bonchev–Trinajstić information content (AvgIpc) is 2.72. The third-order valence-electron chi connectivity index (χ3n) is 4.94. The zero-order valence-electron chi connectivity index (χ0n) is 17.8. The second-order valence-electron chi connectivity index (χ2n) is 7.16. The lowest BCUT2D eigenvalue weighted by atomic mass is 10.0. The van der Waals surface area contributed by atoms with Crippen LogP contribution in [0.3, 0.4) is 0 Å². The van der Waals surface area contributed by atoms with E-state index in [1.54, 1.807) is 14.0 Å². The van der Waals surface area contributed by atoms with Crippen molar-refractivity contribution in [2.75, 3.05) is 19.0 Å². The minimum Gasteiger partial charge on any atom is -0.497 e. The molecule has 3 N–H and O–H groups in total. The number of ether oxygens (including phenoxy) is 1. The molecule has 0 spiro atoms. The molecule has 6 nitrogen and oxygen atoms in total. The molecule has 0 aliphatic heterocycles. The van der Waals surface area contributed by atoms with Gasteiger partial charge >= 0.3 is 0 Å². The van der Waals surface area contributed by atoms with E-state index in [0.717, 1.165) is 34.5 Å². The summed E-state index contributed by atoms with van der Waals surface area (Å²) in [6, 6.07) is 13.2. The first-order valence-corrected chi connectivity index (χ1v) is 9.89. The highest BCUT2D eigenvalue weighted by Gasteiger charge is 2.19. The van der Waals surface area contributed by atoms with Crippen LogP contribution in [0.4, 0.5) is 5.69 Å². The van der Waals surface area contributed by atoms with Gasteiger partial charge in [-0.3, -0.25) is 14.9 Å². The predicted octanol–water partition coefficient (Wildman–Crippen LogP) is 3.50. The van der Waals surface area contributed by atoms with E-state index in [1.165, 1.54) is 0 Å². The number of amides is 2. The number of hydrogen-bond donors (Lipinski definition) is 3. The SMILES string of the molecule is CC[C@@H](N[C@H](C)C(=O)NCC(=O)Nc1c(C)cccc1C)c1ccc(OC)cc1. The van der Waals surface area contributed by atoms with Crippen LogP contribution in [0.2, 0.25) is 0 Å². The molecule has 6 heteroatoms. The number of methoxy groups -OCH3 is 1. The van der Waals surface area contributed by atoms with E-state index in [1.807, 2.05) is 56.3 Å². The second-order valence-corrected chi connectivity index (χ2v) is 7.16. The second kappa shape index (κ2) is 10.6. The highest BCUT2D eigenvalue weighted by Crippen LogP contribution is 2.21. The van der Waals surface area contributed by atoms with Crippen LogP contribution in [-0.2, 0) is 9.59 Å². The number of aryl methyl sites for hydroxylation is 2. The third-order valence-corrected chi connectivity index (χ3v) is 4.94. The molecule has 0 unspecified atom stereocenters. The van der Waals surface area contributed by atoms with Crippen molar-refractivity contribution in [3.63, 3.8) is 0 Å². The van der Waals surface area contributed by atoms with E-state index in [0.29, 0.717) is 0 Å². The van der Waals surface area contributed by atoms with Gasteiger partial charge in [-0.1, -0.05) is 37.3 Å². The van der Waals surface area contributed by atoms with E-state index in [4.69, 9.17) is 4.74 Å². The molecule has 0 saturated heterocycles. The summed E-state index contributed by atoms with van der Waals surface area (Å²) in [6.07, 6.45) is 0.830. The first-order valence-electron chi connectivity index (χ1n) is 9.89. The zero-order valence-corrected chi connectivity index (χ0v) is 17.8. The Labute approximate surface area is 173 Å². The van der Waals surface area contributed by atoms with Gasteiger partial charge in [0, 0.05) is 11.7 Å². The van der Waals surface area contributed by atoms with Crippen LogP contribution in [0, 0.1) is 13.8 Å². The number of benzene rings is 2. The fourth-order valence-corrected chi connectivity index (χ4v) is 3.18. The Morgan fingerprint density at radius 3 is 2.21 bits per heavy atom. The Balaban J connectivity index is 1.88. The van der Waals surface area contributed by atoms with E-state index in [9.17, 15) is 9.59 Å². The van der Waals surface area contributed by atoms with Crippen molar-refractivity contribution < 1.29 is 14.3 Å². The van der Waals surface area contributed by atoms with Gasteiger partial charge in [0.2, 0.25) is 11.8 Å². The molecule has 2 atom stereocenters. The van der Waals surface area contributed by atoms with Gasteiger partial charge in [-0.15, -0.1) is 0 Å². The number of anilines is 1. The summed E-state index contributed by atoms with van der Waals surface area (Å²) in [5.41, 5.74) is 3.86. The number of para-hydroxylation sites is 1. The smallest absolute Gasteiger partial charge is 0.243 e. The van der Waals surface area contributed by atoms with Crippen LogP contribution in [0.5, 0.6) is 5.75 Å². The molecule has 0 bridgehead atoms. The quantitative estimate of drug-likeness (QED) is 0.605. The first kappa shape index (κ1) is 22.4. The Morgan fingerprint density at radius 2 is 1.66 bits per heavy atom. The maximum absolute atomic E-state index is 12.4. The van der Waals surface area contributed by atoms with Crippen molar-refractivity contribution in [3.05, 3.63) is 59.2 Å². The third kappa shape index (κ3) is 6.32. The molecule has 0 aromatic heterocycles. The summed E-state index contributed by atoms with van der Waals surface area (Å²) in [6.45, 7) is 7.67. The number of hydrogen-bond acceptors (Lipinski definition) is 4. The van der Waals surface area contributed by atoms with Crippen LogP contribution in [0.1, 0.15) is 43.0 Å².